The van der Waals surface area contributed by atoms with Gasteiger partial charge in [-0.1, -0.05) is 0 Å². The summed E-state index contributed by atoms with van der Waals surface area (Å²) in [5, 5.41) is 8.93. The summed E-state index contributed by atoms with van der Waals surface area (Å²) in [7, 11) is 0. The van der Waals surface area contributed by atoms with E-state index in [4.69, 9.17) is 5.11 Å². The molecule has 10 heteroatoms. The van der Waals surface area contributed by atoms with Crippen LogP contribution >= 0.6 is 0 Å². The zero-order valence-corrected chi connectivity index (χ0v) is 11.1. The zero-order chi connectivity index (χ0) is 16.1. The molecule has 1 atom stereocenters. The minimum absolute atomic E-state index is 0.0198. The summed E-state index contributed by atoms with van der Waals surface area (Å²) in [4.78, 5) is 30.1. The van der Waals surface area contributed by atoms with E-state index in [1.165, 1.54) is 4.57 Å². The van der Waals surface area contributed by atoms with Crippen molar-refractivity contribution in [2.24, 2.45) is 0 Å². The lowest BCUT2D eigenvalue weighted by Crippen LogP contribution is -2.29. The van der Waals surface area contributed by atoms with Crippen molar-refractivity contribution in [2.45, 2.75) is 18.6 Å². The molecule has 0 bridgehead atoms. The number of hydrogen-bond donors (Lipinski definition) is 2. The van der Waals surface area contributed by atoms with Crippen molar-refractivity contribution in [2.75, 3.05) is 13.1 Å². The number of nitrogens with zero attached hydrogens (tertiary/aromatic N) is 3. The number of aromatic nitrogens is 3. The van der Waals surface area contributed by atoms with Crippen LogP contribution in [0.4, 0.5) is 18.0 Å². The second-order valence-corrected chi connectivity index (χ2v) is 5.06. The molecule has 22 heavy (non-hydrogen) atoms. The Morgan fingerprint density at radius 2 is 2.18 bits per heavy atom. The van der Waals surface area contributed by atoms with Gasteiger partial charge < -0.3 is 15.0 Å². The first-order chi connectivity index (χ1) is 10.3. The lowest BCUT2D eigenvalue weighted by Gasteiger charge is -2.13. The third kappa shape index (κ3) is 2.30. The van der Waals surface area contributed by atoms with Gasteiger partial charge in [0.2, 0.25) is 0 Å². The largest absolute Gasteiger partial charge is 0.465 e. The quantitative estimate of drug-likeness (QED) is 0.837. The molecule has 0 saturated carbocycles. The monoisotopic (exact) mass is 316 g/mol. The molecule has 3 heterocycles. The summed E-state index contributed by atoms with van der Waals surface area (Å²) in [6.45, 7) is 0.366. The highest BCUT2D eigenvalue weighted by molar-refractivity contribution is 5.71. The number of alkyl halides is 3. The van der Waals surface area contributed by atoms with Gasteiger partial charge in [-0.3, -0.25) is 4.57 Å². The third-order valence-electron chi connectivity index (χ3n) is 3.68. The molecule has 2 aromatic heterocycles. The van der Waals surface area contributed by atoms with Crippen LogP contribution in [-0.2, 0) is 6.18 Å². The van der Waals surface area contributed by atoms with Gasteiger partial charge >= 0.3 is 18.0 Å². The van der Waals surface area contributed by atoms with Crippen molar-refractivity contribution in [3.8, 4) is 0 Å². The summed E-state index contributed by atoms with van der Waals surface area (Å²) < 4.78 is 39.2. The average Bonchev–Trinajstić information content (AvgIpc) is 2.99. The van der Waals surface area contributed by atoms with Crippen LogP contribution in [-0.4, -0.2) is 43.7 Å². The molecule has 0 radical (unpaired) electrons. The Kier molecular flexibility index (Phi) is 3.11. The Hall–Kier alpha value is -2.52. The predicted molar refractivity (Wildman–Crippen MR) is 68.6 cm³/mol. The van der Waals surface area contributed by atoms with Crippen molar-refractivity contribution in [3.05, 3.63) is 28.3 Å². The van der Waals surface area contributed by atoms with Crippen LogP contribution in [0.3, 0.4) is 0 Å². The second-order valence-electron chi connectivity index (χ2n) is 5.06. The van der Waals surface area contributed by atoms with Crippen molar-refractivity contribution in [1.82, 2.24) is 19.4 Å². The molecule has 1 fully saturated rings. The van der Waals surface area contributed by atoms with Gasteiger partial charge in [-0.15, -0.1) is 0 Å². The van der Waals surface area contributed by atoms with Crippen LogP contribution in [0.15, 0.2) is 17.1 Å². The lowest BCUT2D eigenvalue weighted by atomic mass is 10.2. The van der Waals surface area contributed by atoms with Gasteiger partial charge in [-0.25, -0.2) is 14.6 Å². The van der Waals surface area contributed by atoms with Gasteiger partial charge in [0, 0.05) is 19.3 Å². The maximum absolute atomic E-state index is 12.7. The first-order valence-electron chi connectivity index (χ1n) is 6.42. The smallest absolute Gasteiger partial charge is 0.417 e. The molecular weight excluding hydrogens is 305 g/mol. The maximum Gasteiger partial charge on any atom is 0.417 e. The minimum Gasteiger partial charge on any atom is -0.465 e. The fourth-order valence-electron chi connectivity index (χ4n) is 2.63. The van der Waals surface area contributed by atoms with Crippen molar-refractivity contribution < 1.29 is 23.1 Å². The van der Waals surface area contributed by atoms with E-state index in [1.807, 2.05) is 0 Å². The number of pyridine rings is 1. The number of rotatable bonds is 1. The van der Waals surface area contributed by atoms with Gasteiger partial charge in [0.1, 0.15) is 0 Å². The van der Waals surface area contributed by atoms with E-state index in [0.29, 0.717) is 12.6 Å². The van der Waals surface area contributed by atoms with Crippen molar-refractivity contribution in [3.63, 3.8) is 0 Å². The summed E-state index contributed by atoms with van der Waals surface area (Å²) in [6.07, 6.45) is -4.58. The Balaban J connectivity index is 2.03. The molecule has 1 amide bonds. The standard InChI is InChI=1S/C12H11F3N4O3/c13-12(14,15)6-3-8-9(16-4-6)19(10(20)17-8)7-1-2-18(5-7)11(21)22/h3-4,7H,1-2,5H2,(H,17,20)(H,21,22)/t7-/m0/s1. The molecule has 1 aliphatic rings. The minimum atomic E-state index is -4.55. The topological polar surface area (TPSA) is 91.2 Å². The number of fused-ring (bicyclic) bond motifs is 1. The number of carbonyl (C=O) groups is 1. The molecule has 3 rings (SSSR count). The van der Waals surface area contributed by atoms with Gasteiger partial charge in [0.25, 0.3) is 0 Å². The van der Waals surface area contributed by atoms with E-state index in [-0.39, 0.29) is 24.3 Å². The molecule has 2 N–H and O–H groups in total. The predicted octanol–water partition coefficient (Wildman–Crippen LogP) is 1.67. The van der Waals surface area contributed by atoms with E-state index in [0.717, 1.165) is 11.0 Å². The van der Waals surface area contributed by atoms with E-state index >= 15 is 0 Å². The fourth-order valence-corrected chi connectivity index (χ4v) is 2.63. The zero-order valence-electron chi connectivity index (χ0n) is 11.1. The van der Waals surface area contributed by atoms with Gasteiger partial charge in [0.05, 0.1) is 17.1 Å². The fraction of sp³-hybridized carbons (Fsp3) is 0.417. The average molecular weight is 316 g/mol. The van der Waals surface area contributed by atoms with E-state index in [2.05, 4.69) is 9.97 Å². The number of imidazole rings is 1. The summed E-state index contributed by atoms with van der Waals surface area (Å²) in [5.74, 6) is 0. The highest BCUT2D eigenvalue weighted by atomic mass is 19.4. The number of hydrogen-bond acceptors (Lipinski definition) is 3. The van der Waals surface area contributed by atoms with Crippen LogP contribution in [0.5, 0.6) is 0 Å². The van der Waals surface area contributed by atoms with Crippen LogP contribution in [0, 0.1) is 0 Å². The number of H-pyrrole nitrogens is 1. The first-order valence-corrected chi connectivity index (χ1v) is 6.42. The molecular formula is C12H11F3N4O3. The molecule has 0 aromatic carbocycles. The molecule has 2 aromatic rings. The second kappa shape index (κ2) is 4.75. The molecule has 0 spiro atoms. The molecule has 118 valence electrons. The Labute approximate surface area is 121 Å². The van der Waals surface area contributed by atoms with E-state index < -0.39 is 29.6 Å². The summed E-state index contributed by atoms with van der Waals surface area (Å²) >= 11 is 0. The van der Waals surface area contributed by atoms with Crippen molar-refractivity contribution in [1.29, 1.82) is 0 Å². The van der Waals surface area contributed by atoms with Crippen LogP contribution in [0.25, 0.3) is 11.2 Å². The Morgan fingerprint density at radius 1 is 1.45 bits per heavy atom. The number of nitrogens with one attached hydrogen (secondary N) is 1. The number of carboxylic acid groups (broad SMARTS) is 1. The molecule has 1 aliphatic heterocycles. The first kappa shape index (κ1) is 14.4. The highest BCUT2D eigenvalue weighted by Gasteiger charge is 2.33. The normalized spacial score (nSPS) is 19.0. The van der Waals surface area contributed by atoms with E-state index in [9.17, 15) is 22.8 Å². The van der Waals surface area contributed by atoms with Crippen LogP contribution < -0.4 is 5.69 Å². The maximum atomic E-state index is 12.7. The van der Waals surface area contributed by atoms with Gasteiger partial charge in [-0.05, 0) is 12.5 Å². The Bertz CT molecular complexity index is 795. The number of halogens is 3. The summed E-state index contributed by atoms with van der Waals surface area (Å²) in [6, 6.07) is 0.381. The summed E-state index contributed by atoms with van der Waals surface area (Å²) in [5.41, 5.74) is -1.48. The van der Waals surface area contributed by atoms with Crippen LogP contribution in [0.1, 0.15) is 18.0 Å². The highest BCUT2D eigenvalue weighted by Crippen LogP contribution is 2.30. The van der Waals surface area contributed by atoms with Crippen LogP contribution in [0.2, 0.25) is 0 Å². The van der Waals surface area contributed by atoms with Gasteiger partial charge in [0.15, 0.2) is 5.65 Å². The Morgan fingerprint density at radius 3 is 2.77 bits per heavy atom. The molecule has 1 saturated heterocycles. The van der Waals surface area contributed by atoms with Crippen molar-refractivity contribution >= 4 is 17.3 Å². The van der Waals surface area contributed by atoms with Gasteiger partial charge in [-0.2, -0.15) is 13.2 Å². The SMILES string of the molecule is O=C(O)N1CC[C@H](n2c(=O)[nH]c3cc(C(F)(F)F)cnc32)C1. The molecule has 0 unspecified atom stereocenters. The molecule has 7 nitrogen and oxygen atoms in total. The third-order valence-corrected chi connectivity index (χ3v) is 3.68. The van der Waals surface area contributed by atoms with E-state index in [1.54, 1.807) is 0 Å². The lowest BCUT2D eigenvalue weighted by molar-refractivity contribution is -0.137. The molecule has 0 aliphatic carbocycles. The number of amides is 1. The number of likely N-dealkylation sites (tertiary alicyclic amines) is 1. The number of aromatic amines is 1.